The Morgan fingerprint density at radius 1 is 1.48 bits per heavy atom. The lowest BCUT2D eigenvalue weighted by Gasteiger charge is -2.06. The summed E-state index contributed by atoms with van der Waals surface area (Å²) in [6, 6.07) is 4.10. The van der Waals surface area contributed by atoms with E-state index in [0.29, 0.717) is 17.7 Å². The third kappa shape index (κ3) is 3.45. The molecule has 0 aliphatic heterocycles. The minimum Gasteiger partial charge on any atom is -0.487 e. The molecule has 1 aliphatic rings. The summed E-state index contributed by atoms with van der Waals surface area (Å²) < 4.78 is 5.19. The molecule has 0 bridgehead atoms. The van der Waals surface area contributed by atoms with Crippen LogP contribution in [0.3, 0.4) is 0 Å². The average molecular weight is 334 g/mol. The van der Waals surface area contributed by atoms with Gasteiger partial charge in [0.05, 0.1) is 11.5 Å². The Hall–Kier alpha value is -2.55. The zero-order valence-electron chi connectivity index (χ0n) is 12.3. The van der Waals surface area contributed by atoms with Crippen LogP contribution in [0.25, 0.3) is 0 Å². The molecule has 8 nitrogen and oxygen atoms in total. The Morgan fingerprint density at radius 3 is 2.91 bits per heavy atom. The van der Waals surface area contributed by atoms with Crippen molar-refractivity contribution in [2.75, 3.05) is 11.9 Å². The van der Waals surface area contributed by atoms with E-state index in [2.05, 4.69) is 15.5 Å². The van der Waals surface area contributed by atoms with Gasteiger partial charge < -0.3 is 4.74 Å². The number of nitrogens with one attached hydrogen (secondary N) is 1. The standard InChI is InChI=1S/C14H14N4O4S/c1-2-22-11-6-5-9(7-10(11)18(20)21)12(19)15-14-17-16-13(23-14)8-3-4-8/h5-8H,2-4H2,1H3,(H,15,17,19). The molecule has 1 aromatic carbocycles. The van der Waals surface area contributed by atoms with Crippen molar-refractivity contribution in [1.82, 2.24) is 10.2 Å². The molecule has 0 spiro atoms. The minimum absolute atomic E-state index is 0.140. The number of ether oxygens (including phenoxy) is 1. The summed E-state index contributed by atoms with van der Waals surface area (Å²) in [5.74, 6) is 0.139. The highest BCUT2D eigenvalue weighted by molar-refractivity contribution is 7.15. The zero-order chi connectivity index (χ0) is 16.4. The molecule has 1 N–H and O–H groups in total. The number of hydrogen-bond donors (Lipinski definition) is 1. The molecule has 1 amide bonds. The fourth-order valence-corrected chi connectivity index (χ4v) is 2.94. The van der Waals surface area contributed by atoms with E-state index in [1.165, 1.54) is 29.5 Å². The van der Waals surface area contributed by atoms with E-state index in [4.69, 9.17) is 4.74 Å². The van der Waals surface area contributed by atoms with Gasteiger partial charge in [0.1, 0.15) is 5.01 Å². The third-order valence-electron chi connectivity index (χ3n) is 3.31. The van der Waals surface area contributed by atoms with Gasteiger partial charge in [0.15, 0.2) is 5.75 Å². The van der Waals surface area contributed by atoms with Crippen molar-refractivity contribution in [3.8, 4) is 5.75 Å². The fourth-order valence-electron chi connectivity index (χ4n) is 2.03. The van der Waals surface area contributed by atoms with Gasteiger partial charge in [-0.05, 0) is 31.9 Å². The zero-order valence-corrected chi connectivity index (χ0v) is 13.1. The lowest BCUT2D eigenvalue weighted by atomic mass is 10.2. The number of aromatic nitrogens is 2. The van der Waals surface area contributed by atoms with Gasteiger partial charge in [0, 0.05) is 17.5 Å². The monoisotopic (exact) mass is 334 g/mol. The molecule has 1 aromatic heterocycles. The molecule has 23 heavy (non-hydrogen) atoms. The van der Waals surface area contributed by atoms with Crippen molar-refractivity contribution < 1.29 is 14.5 Å². The number of amides is 1. The molecular formula is C14H14N4O4S. The SMILES string of the molecule is CCOc1ccc(C(=O)Nc2nnc(C3CC3)s2)cc1[N+](=O)[O-]. The lowest BCUT2D eigenvalue weighted by molar-refractivity contribution is -0.385. The van der Waals surface area contributed by atoms with Gasteiger partial charge in [-0.15, -0.1) is 10.2 Å². The van der Waals surface area contributed by atoms with Crippen LogP contribution in [0, 0.1) is 10.1 Å². The molecule has 0 saturated heterocycles. The highest BCUT2D eigenvalue weighted by Gasteiger charge is 2.28. The maximum atomic E-state index is 12.2. The Morgan fingerprint density at radius 2 is 2.26 bits per heavy atom. The highest BCUT2D eigenvalue weighted by atomic mass is 32.1. The van der Waals surface area contributed by atoms with Crippen molar-refractivity contribution in [2.24, 2.45) is 0 Å². The van der Waals surface area contributed by atoms with Gasteiger partial charge in [0.25, 0.3) is 5.91 Å². The number of hydrogen-bond acceptors (Lipinski definition) is 7. The first-order valence-electron chi connectivity index (χ1n) is 7.14. The topological polar surface area (TPSA) is 107 Å². The summed E-state index contributed by atoms with van der Waals surface area (Å²) in [4.78, 5) is 22.7. The highest BCUT2D eigenvalue weighted by Crippen LogP contribution is 2.42. The Kier molecular flexibility index (Phi) is 4.20. The summed E-state index contributed by atoms with van der Waals surface area (Å²) >= 11 is 1.34. The first-order valence-corrected chi connectivity index (χ1v) is 7.96. The largest absolute Gasteiger partial charge is 0.487 e. The summed E-state index contributed by atoms with van der Waals surface area (Å²) in [7, 11) is 0. The van der Waals surface area contributed by atoms with Crippen LogP contribution >= 0.6 is 11.3 Å². The maximum absolute atomic E-state index is 12.2. The molecule has 1 fully saturated rings. The van der Waals surface area contributed by atoms with Gasteiger partial charge >= 0.3 is 5.69 Å². The van der Waals surface area contributed by atoms with E-state index in [0.717, 1.165) is 17.8 Å². The number of anilines is 1. The number of carbonyl (C=O) groups excluding carboxylic acids is 1. The second-order valence-electron chi connectivity index (χ2n) is 5.05. The van der Waals surface area contributed by atoms with Crippen LogP contribution in [0.1, 0.15) is 41.0 Å². The van der Waals surface area contributed by atoms with Crippen LogP contribution in [-0.2, 0) is 0 Å². The summed E-state index contributed by atoms with van der Waals surface area (Å²) in [5, 5.41) is 23.0. The molecule has 1 saturated carbocycles. The van der Waals surface area contributed by atoms with Gasteiger partial charge in [-0.3, -0.25) is 20.2 Å². The molecule has 3 rings (SSSR count). The molecule has 0 unspecified atom stereocenters. The number of nitrogens with zero attached hydrogens (tertiary/aromatic N) is 3. The van der Waals surface area contributed by atoms with E-state index in [1.54, 1.807) is 6.92 Å². The number of carbonyl (C=O) groups is 1. The molecular weight excluding hydrogens is 320 g/mol. The van der Waals surface area contributed by atoms with Crippen molar-refractivity contribution in [3.05, 3.63) is 38.9 Å². The average Bonchev–Trinajstić information content (AvgIpc) is 3.28. The molecule has 2 aromatic rings. The van der Waals surface area contributed by atoms with Crippen molar-refractivity contribution in [1.29, 1.82) is 0 Å². The van der Waals surface area contributed by atoms with Crippen molar-refractivity contribution in [2.45, 2.75) is 25.7 Å². The predicted octanol–water partition coefficient (Wildman–Crippen LogP) is 2.97. The minimum atomic E-state index is -0.572. The fraction of sp³-hybridized carbons (Fsp3) is 0.357. The Balaban J connectivity index is 1.77. The second kappa shape index (κ2) is 6.29. The van der Waals surface area contributed by atoms with Crippen LogP contribution in [0.4, 0.5) is 10.8 Å². The van der Waals surface area contributed by atoms with E-state index >= 15 is 0 Å². The van der Waals surface area contributed by atoms with Crippen LogP contribution in [0.2, 0.25) is 0 Å². The van der Waals surface area contributed by atoms with Crippen LogP contribution < -0.4 is 10.1 Å². The Bertz CT molecular complexity index is 757. The van der Waals surface area contributed by atoms with E-state index < -0.39 is 10.8 Å². The van der Waals surface area contributed by atoms with Crippen molar-refractivity contribution >= 4 is 28.1 Å². The van der Waals surface area contributed by atoms with Gasteiger partial charge in [-0.25, -0.2) is 0 Å². The van der Waals surface area contributed by atoms with Crippen LogP contribution in [0.5, 0.6) is 5.75 Å². The lowest BCUT2D eigenvalue weighted by Crippen LogP contribution is -2.12. The second-order valence-corrected chi connectivity index (χ2v) is 6.06. The Labute approximate surface area is 135 Å². The number of nitro benzene ring substituents is 1. The van der Waals surface area contributed by atoms with Crippen LogP contribution in [-0.4, -0.2) is 27.6 Å². The molecule has 1 heterocycles. The molecule has 120 valence electrons. The third-order valence-corrected chi connectivity index (χ3v) is 4.31. The van der Waals surface area contributed by atoms with Crippen LogP contribution in [0.15, 0.2) is 18.2 Å². The number of nitro groups is 1. The summed E-state index contributed by atoms with van der Waals surface area (Å²) in [6.07, 6.45) is 2.21. The number of benzene rings is 1. The summed E-state index contributed by atoms with van der Waals surface area (Å²) in [5.41, 5.74) is -0.0706. The maximum Gasteiger partial charge on any atom is 0.311 e. The van der Waals surface area contributed by atoms with Gasteiger partial charge in [-0.2, -0.15) is 0 Å². The van der Waals surface area contributed by atoms with E-state index in [9.17, 15) is 14.9 Å². The van der Waals surface area contributed by atoms with E-state index in [1.807, 2.05) is 0 Å². The normalized spacial score (nSPS) is 13.6. The van der Waals surface area contributed by atoms with Crippen molar-refractivity contribution in [3.63, 3.8) is 0 Å². The predicted molar refractivity (Wildman–Crippen MR) is 84.1 cm³/mol. The van der Waals surface area contributed by atoms with Gasteiger partial charge in [-0.1, -0.05) is 11.3 Å². The first kappa shape index (κ1) is 15.3. The van der Waals surface area contributed by atoms with Gasteiger partial charge in [0.2, 0.25) is 5.13 Å². The quantitative estimate of drug-likeness (QED) is 0.643. The summed E-state index contributed by atoms with van der Waals surface area (Å²) in [6.45, 7) is 2.04. The van der Waals surface area contributed by atoms with E-state index in [-0.39, 0.29) is 17.0 Å². The molecule has 1 aliphatic carbocycles. The number of rotatable bonds is 6. The molecule has 0 atom stereocenters. The first-order chi connectivity index (χ1) is 11.1. The molecule has 9 heteroatoms. The molecule has 0 radical (unpaired) electrons. The smallest absolute Gasteiger partial charge is 0.311 e.